The molecule has 0 aliphatic heterocycles. The molecule has 0 aliphatic rings. The molecule has 0 aliphatic carbocycles. The Bertz CT molecular complexity index is 730. The molecule has 0 spiro atoms. The molecule has 22 heavy (non-hydrogen) atoms. The van der Waals surface area contributed by atoms with Crippen molar-refractivity contribution in [3.05, 3.63) is 52.3 Å². The second-order valence-corrected chi connectivity index (χ2v) is 4.96. The molecule has 2 amide bonds. The van der Waals surface area contributed by atoms with E-state index in [0.29, 0.717) is 22.0 Å². The van der Waals surface area contributed by atoms with Crippen molar-refractivity contribution in [1.29, 1.82) is 0 Å². The van der Waals surface area contributed by atoms with E-state index in [-0.39, 0.29) is 11.6 Å². The molecule has 3 N–H and O–H groups in total. The van der Waals surface area contributed by atoms with Gasteiger partial charge in [-0.1, -0.05) is 11.6 Å². The SMILES string of the molecule is COc1cc(Cl)c(C)cc1NC(=O)c1ccc(C(N)=O)nc1. The van der Waals surface area contributed by atoms with Crippen LogP contribution in [0.15, 0.2) is 30.5 Å². The number of ether oxygens (including phenoxy) is 1. The zero-order valence-electron chi connectivity index (χ0n) is 12.0. The largest absolute Gasteiger partial charge is 0.495 e. The Hall–Kier alpha value is -2.60. The van der Waals surface area contributed by atoms with Crippen LogP contribution in [-0.2, 0) is 0 Å². The highest BCUT2D eigenvalue weighted by molar-refractivity contribution is 6.31. The molecule has 0 bridgehead atoms. The highest BCUT2D eigenvalue weighted by atomic mass is 35.5. The van der Waals surface area contributed by atoms with Gasteiger partial charge in [-0.05, 0) is 30.7 Å². The standard InChI is InChI=1S/C15H14ClN3O3/c1-8-5-12(13(22-2)6-10(8)16)19-15(21)9-3-4-11(14(17)20)18-7-9/h3-7H,1-2H3,(H2,17,20)(H,19,21). The van der Waals surface area contributed by atoms with Crippen LogP contribution in [0.4, 0.5) is 5.69 Å². The molecule has 2 aromatic rings. The lowest BCUT2D eigenvalue weighted by atomic mass is 10.2. The van der Waals surface area contributed by atoms with Crippen molar-refractivity contribution < 1.29 is 14.3 Å². The number of methoxy groups -OCH3 is 1. The fourth-order valence-corrected chi connectivity index (χ4v) is 1.95. The van der Waals surface area contributed by atoms with Gasteiger partial charge in [-0.25, -0.2) is 0 Å². The molecule has 1 heterocycles. The van der Waals surface area contributed by atoms with E-state index in [1.54, 1.807) is 12.1 Å². The Kier molecular flexibility index (Phi) is 4.62. The molecule has 1 aromatic heterocycles. The summed E-state index contributed by atoms with van der Waals surface area (Å²) >= 11 is 6.02. The Labute approximate surface area is 132 Å². The lowest BCUT2D eigenvalue weighted by molar-refractivity contribution is 0.0990. The summed E-state index contributed by atoms with van der Waals surface area (Å²) in [5, 5.41) is 3.26. The second kappa shape index (κ2) is 6.44. The van der Waals surface area contributed by atoms with Crippen LogP contribution in [0, 0.1) is 6.92 Å². The molecule has 0 radical (unpaired) electrons. The van der Waals surface area contributed by atoms with Crippen molar-refractivity contribution in [2.24, 2.45) is 5.73 Å². The van der Waals surface area contributed by atoms with Gasteiger partial charge in [0.05, 0.1) is 18.4 Å². The highest BCUT2D eigenvalue weighted by Crippen LogP contribution is 2.31. The number of primary amides is 1. The summed E-state index contributed by atoms with van der Waals surface area (Å²) < 4.78 is 5.19. The molecule has 0 saturated heterocycles. The summed E-state index contributed by atoms with van der Waals surface area (Å²) in [6.07, 6.45) is 1.28. The van der Waals surface area contributed by atoms with Crippen LogP contribution in [0.5, 0.6) is 5.75 Å². The first-order valence-corrected chi connectivity index (χ1v) is 6.71. The van der Waals surface area contributed by atoms with E-state index in [4.69, 9.17) is 22.1 Å². The van der Waals surface area contributed by atoms with Crippen molar-refractivity contribution >= 4 is 29.1 Å². The number of nitrogens with one attached hydrogen (secondary N) is 1. The zero-order valence-corrected chi connectivity index (χ0v) is 12.8. The molecule has 0 unspecified atom stereocenters. The fourth-order valence-electron chi connectivity index (χ4n) is 1.80. The van der Waals surface area contributed by atoms with Gasteiger partial charge in [0.1, 0.15) is 11.4 Å². The summed E-state index contributed by atoms with van der Waals surface area (Å²) in [6, 6.07) is 6.20. The molecule has 2 rings (SSSR count). The van der Waals surface area contributed by atoms with Gasteiger partial charge in [0.25, 0.3) is 11.8 Å². The van der Waals surface area contributed by atoms with Crippen LogP contribution in [0.1, 0.15) is 26.4 Å². The van der Waals surface area contributed by atoms with Gasteiger partial charge < -0.3 is 15.8 Å². The van der Waals surface area contributed by atoms with Crippen LogP contribution in [-0.4, -0.2) is 23.9 Å². The van der Waals surface area contributed by atoms with Crippen LogP contribution < -0.4 is 15.8 Å². The number of carbonyl (C=O) groups excluding carboxylic acids is 2. The number of rotatable bonds is 4. The smallest absolute Gasteiger partial charge is 0.267 e. The first kappa shape index (κ1) is 15.8. The normalized spacial score (nSPS) is 10.1. The molecule has 0 atom stereocenters. The van der Waals surface area contributed by atoms with Crippen molar-refractivity contribution in [3.8, 4) is 5.75 Å². The van der Waals surface area contributed by atoms with Gasteiger partial charge in [-0.3, -0.25) is 14.6 Å². The lowest BCUT2D eigenvalue weighted by Crippen LogP contribution is -2.16. The second-order valence-electron chi connectivity index (χ2n) is 4.55. The summed E-state index contributed by atoms with van der Waals surface area (Å²) in [4.78, 5) is 27.0. The number of pyridine rings is 1. The minimum absolute atomic E-state index is 0.0940. The van der Waals surface area contributed by atoms with Crippen LogP contribution in [0.3, 0.4) is 0 Å². The summed E-state index contributed by atoms with van der Waals surface area (Å²) in [5.41, 5.74) is 6.79. The van der Waals surface area contributed by atoms with Crippen LogP contribution in [0.2, 0.25) is 5.02 Å². The summed E-state index contributed by atoms with van der Waals surface area (Å²) in [6.45, 7) is 1.82. The van der Waals surface area contributed by atoms with E-state index < -0.39 is 5.91 Å². The molecule has 0 saturated carbocycles. The number of nitrogens with zero attached hydrogens (tertiary/aromatic N) is 1. The maximum Gasteiger partial charge on any atom is 0.267 e. The predicted octanol–water partition coefficient (Wildman–Crippen LogP) is 2.40. The Morgan fingerprint density at radius 3 is 2.59 bits per heavy atom. The van der Waals surface area contributed by atoms with Gasteiger partial charge in [0, 0.05) is 17.3 Å². The first-order valence-electron chi connectivity index (χ1n) is 6.33. The predicted molar refractivity (Wildman–Crippen MR) is 83.4 cm³/mol. The van der Waals surface area contributed by atoms with Crippen LogP contribution >= 0.6 is 11.6 Å². The Morgan fingerprint density at radius 1 is 1.32 bits per heavy atom. The number of aryl methyl sites for hydroxylation is 1. The number of amides is 2. The highest BCUT2D eigenvalue weighted by Gasteiger charge is 2.13. The van der Waals surface area contributed by atoms with Crippen molar-refractivity contribution in [2.75, 3.05) is 12.4 Å². The maximum atomic E-state index is 12.2. The van der Waals surface area contributed by atoms with E-state index in [1.807, 2.05) is 6.92 Å². The number of benzene rings is 1. The first-order chi connectivity index (χ1) is 10.4. The quantitative estimate of drug-likeness (QED) is 0.904. The minimum atomic E-state index is -0.651. The Morgan fingerprint density at radius 2 is 2.05 bits per heavy atom. The monoisotopic (exact) mass is 319 g/mol. The van der Waals surface area contributed by atoms with Crippen molar-refractivity contribution in [2.45, 2.75) is 6.92 Å². The van der Waals surface area contributed by atoms with E-state index in [2.05, 4.69) is 10.3 Å². The van der Waals surface area contributed by atoms with E-state index >= 15 is 0 Å². The van der Waals surface area contributed by atoms with Crippen molar-refractivity contribution in [3.63, 3.8) is 0 Å². The van der Waals surface area contributed by atoms with Crippen molar-refractivity contribution in [1.82, 2.24) is 4.98 Å². The third-order valence-electron chi connectivity index (χ3n) is 3.01. The average molecular weight is 320 g/mol. The third-order valence-corrected chi connectivity index (χ3v) is 3.41. The van der Waals surface area contributed by atoms with Gasteiger partial charge in [0.15, 0.2) is 0 Å². The number of hydrogen-bond acceptors (Lipinski definition) is 4. The molecular formula is C15H14ClN3O3. The average Bonchev–Trinajstić information content (AvgIpc) is 2.50. The topological polar surface area (TPSA) is 94.3 Å². The summed E-state index contributed by atoms with van der Waals surface area (Å²) in [7, 11) is 1.49. The molecule has 6 nitrogen and oxygen atoms in total. The van der Waals surface area contributed by atoms with E-state index in [9.17, 15) is 9.59 Å². The lowest BCUT2D eigenvalue weighted by Gasteiger charge is -2.12. The van der Waals surface area contributed by atoms with E-state index in [1.165, 1.54) is 25.4 Å². The number of halogens is 1. The third kappa shape index (κ3) is 3.35. The number of carbonyl (C=O) groups is 2. The molecule has 114 valence electrons. The van der Waals surface area contributed by atoms with Crippen LogP contribution in [0.25, 0.3) is 0 Å². The zero-order chi connectivity index (χ0) is 16.3. The van der Waals surface area contributed by atoms with Gasteiger partial charge in [-0.15, -0.1) is 0 Å². The minimum Gasteiger partial charge on any atom is -0.495 e. The summed E-state index contributed by atoms with van der Waals surface area (Å²) in [5.74, 6) is -0.587. The molecular weight excluding hydrogens is 306 g/mol. The number of hydrogen-bond donors (Lipinski definition) is 2. The number of anilines is 1. The maximum absolute atomic E-state index is 12.2. The fraction of sp³-hybridized carbons (Fsp3) is 0.133. The molecule has 7 heteroatoms. The Balaban J connectivity index is 2.25. The molecule has 0 fully saturated rings. The van der Waals surface area contributed by atoms with Gasteiger partial charge in [-0.2, -0.15) is 0 Å². The molecule has 1 aromatic carbocycles. The van der Waals surface area contributed by atoms with Gasteiger partial charge >= 0.3 is 0 Å². The van der Waals surface area contributed by atoms with E-state index in [0.717, 1.165) is 5.56 Å². The number of aromatic nitrogens is 1. The van der Waals surface area contributed by atoms with Gasteiger partial charge in [0.2, 0.25) is 0 Å². The number of nitrogens with two attached hydrogens (primary N) is 1.